The average Bonchev–Trinajstić information content (AvgIpc) is 2.91. The number of aromatic nitrogens is 3. The van der Waals surface area contributed by atoms with Crippen LogP contribution in [0.1, 0.15) is 41.7 Å². The van der Waals surface area contributed by atoms with Gasteiger partial charge < -0.3 is 9.84 Å². The second-order valence-corrected chi connectivity index (χ2v) is 9.03. The van der Waals surface area contributed by atoms with Crippen molar-refractivity contribution in [1.29, 1.82) is 0 Å². The van der Waals surface area contributed by atoms with Gasteiger partial charge in [0, 0.05) is 22.2 Å². The van der Waals surface area contributed by atoms with E-state index in [9.17, 15) is 9.90 Å². The molecule has 0 saturated heterocycles. The van der Waals surface area contributed by atoms with Crippen LogP contribution >= 0.6 is 11.8 Å². The molecule has 7 heteroatoms. The lowest BCUT2D eigenvalue weighted by molar-refractivity contribution is -0.145. The Morgan fingerprint density at radius 2 is 1.46 bits per heavy atom. The highest BCUT2D eigenvalue weighted by atomic mass is 32.2. The summed E-state index contributed by atoms with van der Waals surface area (Å²) in [6.45, 7) is 3.68. The minimum atomic E-state index is -0.976. The fourth-order valence-electron chi connectivity index (χ4n) is 3.24. The standard InChI is InChI=1S/C30H23N3O3S/c1-3-28(30(34)35)36-29-15-14-26(18-21(29)2)37-27-19-24(12-10-22-8-4-6-16-31-22)33-25(20-27)13-11-23-9-5-7-17-32-23/h4-9,14-20,28H,3H2,1-2H3,(H,34,35). The predicted octanol–water partition coefficient (Wildman–Crippen LogP) is 5.37. The maximum atomic E-state index is 11.3. The molecule has 0 aliphatic heterocycles. The van der Waals surface area contributed by atoms with Gasteiger partial charge in [-0.05, 0) is 97.2 Å². The van der Waals surface area contributed by atoms with Crippen LogP contribution in [0.2, 0.25) is 0 Å². The Labute approximate surface area is 220 Å². The normalized spacial score (nSPS) is 10.9. The van der Waals surface area contributed by atoms with Gasteiger partial charge in [-0.1, -0.05) is 30.8 Å². The summed E-state index contributed by atoms with van der Waals surface area (Å²) in [5.74, 6) is 11.8. The lowest BCUT2D eigenvalue weighted by Crippen LogP contribution is -2.26. The second kappa shape index (κ2) is 12.4. The summed E-state index contributed by atoms with van der Waals surface area (Å²) in [6.07, 6.45) is 2.90. The molecule has 37 heavy (non-hydrogen) atoms. The molecule has 3 aromatic heterocycles. The number of ether oxygens (including phenoxy) is 1. The van der Waals surface area contributed by atoms with Gasteiger partial charge in [-0.25, -0.2) is 19.7 Å². The van der Waals surface area contributed by atoms with E-state index in [1.54, 1.807) is 25.4 Å². The van der Waals surface area contributed by atoms with E-state index in [0.717, 1.165) is 15.4 Å². The molecular formula is C30H23N3O3S. The van der Waals surface area contributed by atoms with Crippen molar-refractivity contribution in [3.05, 3.63) is 107 Å². The van der Waals surface area contributed by atoms with Crippen molar-refractivity contribution in [3.63, 3.8) is 0 Å². The van der Waals surface area contributed by atoms with Crippen molar-refractivity contribution in [1.82, 2.24) is 15.0 Å². The summed E-state index contributed by atoms with van der Waals surface area (Å²) in [7, 11) is 0. The summed E-state index contributed by atoms with van der Waals surface area (Å²) in [6, 6.07) is 20.6. The van der Waals surface area contributed by atoms with E-state index in [2.05, 4.69) is 38.6 Å². The van der Waals surface area contributed by atoms with Crippen LogP contribution in [0.25, 0.3) is 0 Å². The fourth-order valence-corrected chi connectivity index (χ4v) is 4.22. The van der Waals surface area contributed by atoms with Gasteiger partial charge in [0.05, 0.1) is 0 Å². The Morgan fingerprint density at radius 1 is 0.865 bits per heavy atom. The first-order valence-corrected chi connectivity index (χ1v) is 12.4. The predicted molar refractivity (Wildman–Crippen MR) is 142 cm³/mol. The number of hydrogen-bond acceptors (Lipinski definition) is 6. The molecule has 0 saturated carbocycles. The molecule has 0 aliphatic rings. The number of carboxylic acid groups (broad SMARTS) is 1. The van der Waals surface area contributed by atoms with Crippen LogP contribution in [-0.4, -0.2) is 32.1 Å². The molecule has 1 aromatic carbocycles. The highest BCUT2D eigenvalue weighted by molar-refractivity contribution is 7.99. The van der Waals surface area contributed by atoms with Crippen LogP contribution < -0.4 is 4.74 Å². The van der Waals surface area contributed by atoms with Crippen LogP contribution in [0, 0.1) is 30.6 Å². The van der Waals surface area contributed by atoms with E-state index in [1.165, 1.54) is 11.8 Å². The quantitative estimate of drug-likeness (QED) is 0.353. The number of hydrogen-bond donors (Lipinski definition) is 1. The van der Waals surface area contributed by atoms with Gasteiger partial charge in [0.25, 0.3) is 0 Å². The molecule has 0 amide bonds. The van der Waals surface area contributed by atoms with Crippen molar-refractivity contribution >= 4 is 17.7 Å². The highest BCUT2D eigenvalue weighted by Gasteiger charge is 2.18. The smallest absolute Gasteiger partial charge is 0.344 e. The maximum Gasteiger partial charge on any atom is 0.344 e. The zero-order valence-corrected chi connectivity index (χ0v) is 21.1. The van der Waals surface area contributed by atoms with Gasteiger partial charge in [-0.3, -0.25) is 0 Å². The van der Waals surface area contributed by atoms with Crippen LogP contribution in [0.4, 0.5) is 0 Å². The number of nitrogens with zero attached hydrogens (tertiary/aromatic N) is 3. The summed E-state index contributed by atoms with van der Waals surface area (Å²) >= 11 is 1.53. The Kier molecular flexibility index (Phi) is 8.54. The van der Waals surface area contributed by atoms with E-state index in [0.29, 0.717) is 34.9 Å². The van der Waals surface area contributed by atoms with Gasteiger partial charge in [0.2, 0.25) is 0 Å². The SMILES string of the molecule is CCC(Oc1ccc(Sc2cc(C#Cc3ccccn3)nc(C#Cc3ccccn3)c2)cc1C)C(=O)O. The van der Waals surface area contributed by atoms with E-state index < -0.39 is 12.1 Å². The highest BCUT2D eigenvalue weighted by Crippen LogP contribution is 2.32. The largest absolute Gasteiger partial charge is 0.479 e. The van der Waals surface area contributed by atoms with Crippen LogP contribution in [-0.2, 0) is 4.79 Å². The molecule has 1 N–H and O–H groups in total. The van der Waals surface area contributed by atoms with Crippen molar-refractivity contribution < 1.29 is 14.6 Å². The van der Waals surface area contributed by atoms with Gasteiger partial charge >= 0.3 is 5.97 Å². The number of benzene rings is 1. The molecule has 1 atom stereocenters. The number of aryl methyl sites for hydroxylation is 1. The number of carboxylic acids is 1. The molecule has 3 heterocycles. The maximum absolute atomic E-state index is 11.3. The zero-order valence-electron chi connectivity index (χ0n) is 20.3. The molecule has 0 bridgehead atoms. The molecule has 0 spiro atoms. The van der Waals surface area contributed by atoms with Crippen molar-refractivity contribution in [2.24, 2.45) is 0 Å². The lowest BCUT2D eigenvalue weighted by Gasteiger charge is -2.15. The lowest BCUT2D eigenvalue weighted by atomic mass is 10.2. The molecule has 0 radical (unpaired) electrons. The summed E-state index contributed by atoms with van der Waals surface area (Å²) in [4.78, 5) is 26.3. The van der Waals surface area contributed by atoms with Crippen LogP contribution in [0.5, 0.6) is 5.75 Å². The Hall–Kier alpha value is -4.59. The number of pyridine rings is 3. The topological polar surface area (TPSA) is 85.2 Å². The van der Waals surface area contributed by atoms with Crippen molar-refractivity contribution in [2.75, 3.05) is 0 Å². The first-order valence-electron chi connectivity index (χ1n) is 11.6. The molecule has 4 rings (SSSR count). The molecular weight excluding hydrogens is 482 g/mol. The molecule has 6 nitrogen and oxygen atoms in total. The Balaban J connectivity index is 1.63. The minimum Gasteiger partial charge on any atom is -0.479 e. The van der Waals surface area contributed by atoms with Gasteiger partial charge in [0.15, 0.2) is 6.10 Å². The summed E-state index contributed by atoms with van der Waals surface area (Å²) in [5.41, 5.74) is 3.31. The second-order valence-electron chi connectivity index (χ2n) is 7.89. The third-order valence-corrected chi connectivity index (χ3v) is 6.02. The number of aliphatic carboxylic acids is 1. The van der Waals surface area contributed by atoms with Gasteiger partial charge in [0.1, 0.15) is 28.5 Å². The summed E-state index contributed by atoms with van der Waals surface area (Å²) in [5, 5.41) is 9.29. The third kappa shape index (κ3) is 7.44. The van der Waals surface area contributed by atoms with E-state index in [-0.39, 0.29) is 0 Å². The fraction of sp³-hybridized carbons (Fsp3) is 0.133. The summed E-state index contributed by atoms with van der Waals surface area (Å²) < 4.78 is 5.68. The monoisotopic (exact) mass is 505 g/mol. The van der Waals surface area contributed by atoms with E-state index in [1.807, 2.05) is 67.6 Å². The van der Waals surface area contributed by atoms with E-state index >= 15 is 0 Å². The van der Waals surface area contributed by atoms with Crippen molar-refractivity contribution in [3.8, 4) is 29.4 Å². The van der Waals surface area contributed by atoms with Gasteiger partial charge in [-0.15, -0.1) is 0 Å². The first kappa shape index (κ1) is 25.5. The third-order valence-electron chi connectivity index (χ3n) is 5.06. The number of rotatable bonds is 6. The molecule has 182 valence electrons. The minimum absolute atomic E-state index is 0.382. The Bertz CT molecular complexity index is 1440. The zero-order chi connectivity index (χ0) is 26.0. The first-order chi connectivity index (χ1) is 18.0. The molecule has 4 aromatic rings. The van der Waals surface area contributed by atoms with Crippen molar-refractivity contribution in [2.45, 2.75) is 36.2 Å². The van der Waals surface area contributed by atoms with Crippen LogP contribution in [0.3, 0.4) is 0 Å². The van der Waals surface area contributed by atoms with E-state index in [4.69, 9.17) is 4.74 Å². The molecule has 1 unspecified atom stereocenters. The molecule has 0 aliphatic carbocycles. The number of carbonyl (C=O) groups is 1. The average molecular weight is 506 g/mol. The Morgan fingerprint density at radius 3 is 1.95 bits per heavy atom. The molecule has 0 fully saturated rings. The van der Waals surface area contributed by atoms with Crippen LogP contribution in [0.15, 0.2) is 88.9 Å². The van der Waals surface area contributed by atoms with Gasteiger partial charge in [-0.2, -0.15) is 0 Å².